The minimum absolute atomic E-state index is 0.165. The van der Waals surface area contributed by atoms with Gasteiger partial charge in [0.2, 0.25) is 10.1 Å². The Balaban J connectivity index is 2.01. The van der Waals surface area contributed by atoms with Crippen molar-refractivity contribution in [2.45, 2.75) is 12.7 Å². The van der Waals surface area contributed by atoms with Gasteiger partial charge in [0.05, 0.1) is 6.54 Å². The van der Waals surface area contributed by atoms with Gasteiger partial charge >= 0.3 is 6.18 Å². The van der Waals surface area contributed by atoms with E-state index in [4.69, 9.17) is 0 Å². The molecule has 0 bridgehead atoms. The summed E-state index contributed by atoms with van der Waals surface area (Å²) in [5, 5.41) is 8.56. The molecule has 0 saturated heterocycles. The Morgan fingerprint density at radius 2 is 2.18 bits per heavy atom. The predicted octanol–water partition coefficient (Wildman–Crippen LogP) is 2.51. The highest BCUT2D eigenvalue weighted by Crippen LogP contribution is 2.33. The maximum absolute atomic E-state index is 12.3. The molecule has 2 rings (SSSR count). The lowest BCUT2D eigenvalue weighted by Crippen LogP contribution is -2.03. The van der Waals surface area contributed by atoms with Gasteiger partial charge < -0.3 is 9.88 Å². The standard InChI is InChI=1S/C9H9F3N4S/c1-16-4-2-3-6(16)5-13-8-15-14-7(17-8)9(10,11)12/h2-4H,5H2,1H3,(H,13,15). The number of nitrogens with one attached hydrogen (secondary N) is 1. The molecule has 4 nitrogen and oxygen atoms in total. The molecule has 92 valence electrons. The first-order valence-electron chi connectivity index (χ1n) is 4.71. The van der Waals surface area contributed by atoms with Crippen LogP contribution in [0.5, 0.6) is 0 Å². The normalized spacial score (nSPS) is 11.8. The Kier molecular flexibility index (Phi) is 3.05. The molecule has 0 amide bonds. The van der Waals surface area contributed by atoms with Crippen molar-refractivity contribution in [2.75, 3.05) is 5.32 Å². The second-order valence-corrected chi connectivity index (χ2v) is 4.35. The molecule has 0 aliphatic rings. The van der Waals surface area contributed by atoms with Crippen molar-refractivity contribution >= 4 is 16.5 Å². The van der Waals surface area contributed by atoms with Gasteiger partial charge in [0.15, 0.2) is 0 Å². The zero-order valence-electron chi connectivity index (χ0n) is 8.82. The molecule has 1 N–H and O–H groups in total. The predicted molar refractivity (Wildman–Crippen MR) is 57.7 cm³/mol. The van der Waals surface area contributed by atoms with Crippen LogP contribution in [0.4, 0.5) is 18.3 Å². The molecule has 0 fully saturated rings. The zero-order valence-corrected chi connectivity index (χ0v) is 9.64. The van der Waals surface area contributed by atoms with E-state index in [0.29, 0.717) is 17.9 Å². The third-order valence-corrected chi connectivity index (χ3v) is 3.07. The lowest BCUT2D eigenvalue weighted by atomic mass is 10.4. The van der Waals surface area contributed by atoms with Crippen LogP contribution in [0.3, 0.4) is 0 Å². The van der Waals surface area contributed by atoms with E-state index in [9.17, 15) is 13.2 Å². The number of hydrogen-bond acceptors (Lipinski definition) is 4. The molecule has 0 radical (unpaired) electrons. The number of halogens is 3. The Morgan fingerprint density at radius 3 is 2.71 bits per heavy atom. The van der Waals surface area contributed by atoms with E-state index in [2.05, 4.69) is 15.5 Å². The van der Waals surface area contributed by atoms with Crippen LogP contribution < -0.4 is 5.32 Å². The van der Waals surface area contributed by atoms with Crippen molar-refractivity contribution in [2.24, 2.45) is 7.05 Å². The van der Waals surface area contributed by atoms with E-state index in [1.54, 1.807) is 0 Å². The van der Waals surface area contributed by atoms with Crippen LogP contribution in [0.15, 0.2) is 18.3 Å². The number of aromatic nitrogens is 3. The Labute approximate surface area is 99.1 Å². The highest BCUT2D eigenvalue weighted by atomic mass is 32.1. The fourth-order valence-electron chi connectivity index (χ4n) is 1.26. The van der Waals surface area contributed by atoms with E-state index in [0.717, 1.165) is 5.69 Å². The van der Waals surface area contributed by atoms with Crippen molar-refractivity contribution < 1.29 is 13.2 Å². The summed E-state index contributed by atoms with van der Waals surface area (Å²) in [4.78, 5) is 0. The summed E-state index contributed by atoms with van der Waals surface area (Å²) < 4.78 is 38.6. The number of aryl methyl sites for hydroxylation is 1. The fourth-order valence-corrected chi connectivity index (χ4v) is 1.86. The van der Waals surface area contributed by atoms with Crippen LogP contribution >= 0.6 is 11.3 Å². The molecule has 0 spiro atoms. The third-order valence-electron chi connectivity index (χ3n) is 2.14. The number of hydrogen-bond donors (Lipinski definition) is 1. The van der Waals surface area contributed by atoms with Gasteiger partial charge in [-0.05, 0) is 12.1 Å². The Morgan fingerprint density at radius 1 is 1.41 bits per heavy atom. The molecule has 2 aromatic rings. The summed E-state index contributed by atoms with van der Waals surface area (Å²) >= 11 is 0.500. The van der Waals surface area contributed by atoms with Crippen molar-refractivity contribution in [3.8, 4) is 0 Å². The maximum atomic E-state index is 12.3. The first-order valence-corrected chi connectivity index (χ1v) is 5.53. The molecule has 0 aliphatic carbocycles. The molecular weight excluding hydrogens is 253 g/mol. The van der Waals surface area contributed by atoms with Crippen LogP contribution in [-0.4, -0.2) is 14.8 Å². The Hall–Kier alpha value is -1.57. The van der Waals surface area contributed by atoms with E-state index in [1.807, 2.05) is 29.9 Å². The summed E-state index contributed by atoms with van der Waals surface area (Å²) in [7, 11) is 1.86. The first-order chi connectivity index (χ1) is 7.97. The molecule has 2 aromatic heterocycles. The van der Waals surface area contributed by atoms with Crippen molar-refractivity contribution in [3.63, 3.8) is 0 Å². The highest BCUT2D eigenvalue weighted by Gasteiger charge is 2.35. The fraction of sp³-hybridized carbons (Fsp3) is 0.333. The average Bonchev–Trinajstić information content (AvgIpc) is 2.82. The van der Waals surface area contributed by atoms with Gasteiger partial charge in [-0.15, -0.1) is 10.2 Å². The molecule has 0 unspecified atom stereocenters. The van der Waals surface area contributed by atoms with E-state index >= 15 is 0 Å². The molecular formula is C9H9F3N4S. The third kappa shape index (κ3) is 2.76. The zero-order chi connectivity index (χ0) is 12.5. The van der Waals surface area contributed by atoms with Gasteiger partial charge in [-0.3, -0.25) is 0 Å². The van der Waals surface area contributed by atoms with Crippen LogP contribution in [0.25, 0.3) is 0 Å². The first kappa shape index (κ1) is 11.9. The van der Waals surface area contributed by atoms with Gasteiger partial charge in [0.25, 0.3) is 0 Å². The second-order valence-electron chi connectivity index (χ2n) is 3.37. The largest absolute Gasteiger partial charge is 0.445 e. The number of nitrogens with zero attached hydrogens (tertiary/aromatic N) is 3. The lowest BCUT2D eigenvalue weighted by Gasteiger charge is -2.03. The highest BCUT2D eigenvalue weighted by molar-refractivity contribution is 7.15. The second kappa shape index (κ2) is 4.36. The number of anilines is 1. The molecule has 0 aromatic carbocycles. The minimum Gasteiger partial charge on any atom is -0.355 e. The Bertz CT molecular complexity index is 502. The summed E-state index contributed by atoms with van der Waals surface area (Å²) in [6.45, 7) is 0.413. The smallest absolute Gasteiger partial charge is 0.355 e. The van der Waals surface area contributed by atoms with Crippen molar-refractivity contribution in [3.05, 3.63) is 29.0 Å². The summed E-state index contributed by atoms with van der Waals surface area (Å²) in [6, 6.07) is 3.73. The van der Waals surface area contributed by atoms with Crippen LogP contribution in [0.1, 0.15) is 10.7 Å². The van der Waals surface area contributed by atoms with Gasteiger partial charge in [0, 0.05) is 18.9 Å². The van der Waals surface area contributed by atoms with Crippen LogP contribution in [0.2, 0.25) is 0 Å². The quantitative estimate of drug-likeness (QED) is 0.924. The summed E-state index contributed by atoms with van der Waals surface area (Å²) in [6.07, 6.45) is -2.57. The summed E-state index contributed by atoms with van der Waals surface area (Å²) in [5.74, 6) is 0. The van der Waals surface area contributed by atoms with Crippen LogP contribution in [-0.2, 0) is 19.8 Å². The van der Waals surface area contributed by atoms with E-state index in [-0.39, 0.29) is 5.13 Å². The van der Waals surface area contributed by atoms with Gasteiger partial charge in [-0.25, -0.2) is 0 Å². The SMILES string of the molecule is Cn1cccc1CNc1nnc(C(F)(F)F)s1. The van der Waals surface area contributed by atoms with Crippen molar-refractivity contribution in [1.82, 2.24) is 14.8 Å². The minimum atomic E-state index is -4.43. The molecule has 2 heterocycles. The molecule has 0 saturated carbocycles. The van der Waals surface area contributed by atoms with Crippen molar-refractivity contribution in [1.29, 1.82) is 0 Å². The van der Waals surface area contributed by atoms with Gasteiger partial charge in [-0.1, -0.05) is 11.3 Å². The average molecular weight is 262 g/mol. The van der Waals surface area contributed by atoms with Crippen LogP contribution in [0, 0.1) is 0 Å². The van der Waals surface area contributed by atoms with E-state index < -0.39 is 11.2 Å². The monoisotopic (exact) mass is 262 g/mol. The molecule has 17 heavy (non-hydrogen) atoms. The molecule has 8 heteroatoms. The lowest BCUT2D eigenvalue weighted by molar-refractivity contribution is -0.138. The summed E-state index contributed by atoms with van der Waals surface area (Å²) in [5.41, 5.74) is 0.953. The topological polar surface area (TPSA) is 42.7 Å². The van der Waals surface area contributed by atoms with Gasteiger partial charge in [0.1, 0.15) is 0 Å². The number of rotatable bonds is 3. The van der Waals surface area contributed by atoms with E-state index in [1.165, 1.54) is 0 Å². The van der Waals surface area contributed by atoms with Gasteiger partial charge in [-0.2, -0.15) is 13.2 Å². The molecule has 0 aliphatic heterocycles. The number of alkyl halides is 3. The maximum Gasteiger partial charge on any atom is 0.445 e. The molecule has 0 atom stereocenters.